The molecule has 2 heterocycles. The van der Waals surface area contributed by atoms with Crippen molar-refractivity contribution in [3.63, 3.8) is 0 Å². The van der Waals surface area contributed by atoms with Crippen LogP contribution in [0.2, 0.25) is 0 Å². The second-order valence-electron chi connectivity index (χ2n) is 7.37. The molecule has 4 rings (SSSR count). The molecule has 0 atom stereocenters. The Morgan fingerprint density at radius 3 is 2.39 bits per heavy atom. The van der Waals surface area contributed by atoms with Gasteiger partial charge in [0.05, 0.1) is 23.9 Å². The monoisotopic (exact) mass is 445 g/mol. The molecule has 0 bridgehead atoms. The van der Waals surface area contributed by atoms with E-state index >= 15 is 0 Å². The molecule has 1 fully saturated rings. The van der Waals surface area contributed by atoms with Crippen molar-refractivity contribution in [3.8, 4) is 5.75 Å². The summed E-state index contributed by atoms with van der Waals surface area (Å²) in [5.41, 5.74) is 1.62. The highest BCUT2D eigenvalue weighted by Gasteiger charge is 2.30. The number of fused-ring (bicyclic) bond motifs is 1. The van der Waals surface area contributed by atoms with E-state index in [2.05, 4.69) is 0 Å². The van der Waals surface area contributed by atoms with Gasteiger partial charge in [-0.2, -0.15) is 4.31 Å². The number of hydrogen-bond acceptors (Lipinski definition) is 6. The van der Waals surface area contributed by atoms with Gasteiger partial charge in [0.15, 0.2) is 5.58 Å². The highest BCUT2D eigenvalue weighted by Crippen LogP contribution is 2.22. The van der Waals surface area contributed by atoms with E-state index in [-0.39, 0.29) is 35.9 Å². The third kappa shape index (κ3) is 4.08. The first-order valence-corrected chi connectivity index (χ1v) is 11.2. The average Bonchev–Trinajstić information content (AvgIpc) is 3.07. The Labute approximate surface area is 179 Å². The molecule has 1 aromatic heterocycles. The first-order chi connectivity index (χ1) is 14.8. The maximum atomic E-state index is 13.0. The normalized spacial score (nSPS) is 15.4. The zero-order valence-electron chi connectivity index (χ0n) is 17.3. The van der Waals surface area contributed by atoms with Gasteiger partial charge in [-0.05, 0) is 29.8 Å². The van der Waals surface area contributed by atoms with Crippen molar-refractivity contribution in [1.82, 2.24) is 13.8 Å². The number of oxazole rings is 1. The number of amides is 1. The van der Waals surface area contributed by atoms with Crippen LogP contribution in [0.15, 0.2) is 56.6 Å². The number of aryl methyl sites for hydroxylation is 1. The van der Waals surface area contributed by atoms with Crippen molar-refractivity contribution in [2.24, 2.45) is 7.05 Å². The molecular weight excluding hydrogens is 422 g/mol. The van der Waals surface area contributed by atoms with E-state index in [0.29, 0.717) is 18.6 Å². The molecule has 10 heteroatoms. The van der Waals surface area contributed by atoms with E-state index in [1.165, 1.54) is 21.0 Å². The molecule has 0 unspecified atom stereocenters. The minimum atomic E-state index is -3.76. The molecule has 1 aliphatic rings. The highest BCUT2D eigenvalue weighted by atomic mass is 32.2. The number of carbonyl (C=O) groups is 1. The summed E-state index contributed by atoms with van der Waals surface area (Å²) < 4.78 is 39.0. The SMILES string of the molecule is COc1ccc(CC(=O)N2CCN(S(=O)(=O)c3ccc4c(c3)oc(=O)n4C)CC2)cc1. The van der Waals surface area contributed by atoms with E-state index in [9.17, 15) is 18.0 Å². The lowest BCUT2D eigenvalue weighted by Crippen LogP contribution is -2.50. The Morgan fingerprint density at radius 1 is 1.06 bits per heavy atom. The lowest BCUT2D eigenvalue weighted by molar-refractivity contribution is -0.131. The van der Waals surface area contributed by atoms with Gasteiger partial charge >= 0.3 is 5.76 Å². The number of benzene rings is 2. The number of ether oxygens (including phenoxy) is 1. The molecule has 164 valence electrons. The van der Waals surface area contributed by atoms with Gasteiger partial charge in [0.2, 0.25) is 15.9 Å². The average molecular weight is 445 g/mol. The minimum absolute atomic E-state index is 0.0466. The molecule has 0 saturated carbocycles. The van der Waals surface area contributed by atoms with Crippen molar-refractivity contribution >= 4 is 27.0 Å². The molecule has 9 nitrogen and oxygen atoms in total. The maximum Gasteiger partial charge on any atom is 0.419 e. The van der Waals surface area contributed by atoms with Crippen molar-refractivity contribution < 1.29 is 22.4 Å². The Bertz CT molecular complexity index is 1270. The molecule has 1 amide bonds. The number of rotatable bonds is 5. The van der Waals surface area contributed by atoms with Gasteiger partial charge in [0, 0.05) is 39.3 Å². The van der Waals surface area contributed by atoms with Crippen LogP contribution >= 0.6 is 0 Å². The standard InChI is InChI=1S/C21H23N3O6S/c1-22-18-8-7-17(14-19(18)30-21(22)26)31(27,28)24-11-9-23(10-12-24)20(25)13-15-3-5-16(29-2)6-4-15/h3-8,14H,9-13H2,1-2H3. The predicted octanol–water partition coefficient (Wildman–Crippen LogP) is 1.22. The minimum Gasteiger partial charge on any atom is -0.497 e. The summed E-state index contributed by atoms with van der Waals surface area (Å²) in [6.45, 7) is 1.04. The van der Waals surface area contributed by atoms with Crippen LogP contribution in [0.3, 0.4) is 0 Å². The number of methoxy groups -OCH3 is 1. The largest absolute Gasteiger partial charge is 0.497 e. The van der Waals surface area contributed by atoms with Gasteiger partial charge in [-0.1, -0.05) is 12.1 Å². The van der Waals surface area contributed by atoms with E-state index in [1.54, 1.807) is 37.3 Å². The van der Waals surface area contributed by atoms with Crippen molar-refractivity contribution in [2.45, 2.75) is 11.3 Å². The molecule has 3 aromatic rings. The van der Waals surface area contributed by atoms with E-state index < -0.39 is 15.8 Å². The zero-order valence-corrected chi connectivity index (χ0v) is 18.1. The van der Waals surface area contributed by atoms with Crippen LogP contribution in [-0.4, -0.2) is 61.4 Å². The van der Waals surface area contributed by atoms with Gasteiger partial charge < -0.3 is 14.1 Å². The van der Waals surface area contributed by atoms with Crippen molar-refractivity contribution in [2.75, 3.05) is 33.3 Å². The van der Waals surface area contributed by atoms with Gasteiger partial charge in [0.25, 0.3) is 0 Å². The fourth-order valence-electron chi connectivity index (χ4n) is 3.63. The zero-order chi connectivity index (χ0) is 22.2. The first-order valence-electron chi connectivity index (χ1n) is 9.80. The third-order valence-corrected chi connectivity index (χ3v) is 7.40. The number of nitrogens with zero attached hydrogens (tertiary/aromatic N) is 3. The molecule has 1 saturated heterocycles. The van der Waals surface area contributed by atoms with Crippen LogP contribution in [0.4, 0.5) is 0 Å². The topological polar surface area (TPSA) is 102 Å². The maximum absolute atomic E-state index is 13.0. The molecular formula is C21H23N3O6S. The number of hydrogen-bond donors (Lipinski definition) is 0. The molecule has 0 N–H and O–H groups in total. The predicted molar refractivity (Wildman–Crippen MR) is 113 cm³/mol. The van der Waals surface area contributed by atoms with Gasteiger partial charge in [-0.15, -0.1) is 0 Å². The van der Waals surface area contributed by atoms with Crippen LogP contribution in [-0.2, 0) is 28.3 Å². The lowest BCUT2D eigenvalue weighted by atomic mass is 10.1. The van der Waals surface area contributed by atoms with Crippen molar-refractivity contribution in [1.29, 1.82) is 0 Å². The molecule has 31 heavy (non-hydrogen) atoms. The summed E-state index contributed by atoms with van der Waals surface area (Å²) in [7, 11) is -0.618. The Kier molecular flexibility index (Phi) is 5.59. The Hall–Kier alpha value is -3.11. The second-order valence-corrected chi connectivity index (χ2v) is 9.30. The molecule has 1 aliphatic heterocycles. The Balaban J connectivity index is 1.42. The smallest absolute Gasteiger partial charge is 0.419 e. The third-order valence-electron chi connectivity index (χ3n) is 5.51. The molecule has 0 aliphatic carbocycles. The number of carbonyl (C=O) groups excluding carboxylic acids is 1. The summed E-state index contributed by atoms with van der Waals surface area (Å²) in [5, 5.41) is 0. The fourth-order valence-corrected chi connectivity index (χ4v) is 5.07. The molecule has 0 spiro atoms. The van der Waals surface area contributed by atoms with Crippen LogP contribution in [0.1, 0.15) is 5.56 Å². The summed E-state index contributed by atoms with van der Waals surface area (Å²) in [6.07, 6.45) is 0.250. The fraction of sp³-hybridized carbons (Fsp3) is 0.333. The number of aromatic nitrogens is 1. The summed E-state index contributed by atoms with van der Waals surface area (Å²) >= 11 is 0. The summed E-state index contributed by atoms with van der Waals surface area (Å²) in [6, 6.07) is 11.7. The number of sulfonamides is 1. The molecule has 0 radical (unpaired) electrons. The van der Waals surface area contributed by atoms with Gasteiger partial charge in [-0.3, -0.25) is 9.36 Å². The lowest BCUT2D eigenvalue weighted by Gasteiger charge is -2.34. The highest BCUT2D eigenvalue weighted by molar-refractivity contribution is 7.89. The van der Waals surface area contributed by atoms with Crippen molar-refractivity contribution in [3.05, 3.63) is 58.6 Å². The quantitative estimate of drug-likeness (QED) is 0.585. The number of piperazine rings is 1. The second kappa shape index (κ2) is 8.20. The van der Waals surface area contributed by atoms with Crippen LogP contribution in [0, 0.1) is 0 Å². The van der Waals surface area contributed by atoms with Crippen LogP contribution < -0.4 is 10.5 Å². The van der Waals surface area contributed by atoms with Gasteiger partial charge in [0.1, 0.15) is 5.75 Å². The van der Waals surface area contributed by atoms with Crippen LogP contribution in [0.5, 0.6) is 5.75 Å². The molecule has 2 aromatic carbocycles. The summed E-state index contributed by atoms with van der Waals surface area (Å²) in [4.78, 5) is 26.0. The first kappa shape index (κ1) is 21.1. The van der Waals surface area contributed by atoms with E-state index in [1.807, 2.05) is 12.1 Å². The Morgan fingerprint density at radius 2 is 1.74 bits per heavy atom. The van der Waals surface area contributed by atoms with E-state index in [4.69, 9.17) is 9.15 Å². The van der Waals surface area contributed by atoms with E-state index in [0.717, 1.165) is 11.3 Å². The summed E-state index contributed by atoms with van der Waals surface area (Å²) in [5.74, 6) is 0.131. The van der Waals surface area contributed by atoms with Crippen LogP contribution in [0.25, 0.3) is 11.1 Å². The van der Waals surface area contributed by atoms with Gasteiger partial charge in [-0.25, -0.2) is 13.2 Å².